The quantitative estimate of drug-likeness (QED) is 0.895. The number of hydrogen-bond acceptors (Lipinski definition) is 4. The maximum absolute atomic E-state index is 12.4. The van der Waals surface area contributed by atoms with Crippen molar-refractivity contribution in [1.82, 2.24) is 4.72 Å². The van der Waals surface area contributed by atoms with Gasteiger partial charge in [-0.1, -0.05) is 30.3 Å². The molecule has 2 N–H and O–H groups in total. The Hall–Kier alpha value is -2.38. The summed E-state index contributed by atoms with van der Waals surface area (Å²) in [6.45, 7) is 1.82. The van der Waals surface area contributed by atoms with Gasteiger partial charge in [0.25, 0.3) is 5.91 Å². The molecular weight excluding hydrogens is 316 g/mol. The van der Waals surface area contributed by atoms with E-state index in [-0.39, 0.29) is 17.3 Å². The highest BCUT2D eigenvalue weighted by Crippen LogP contribution is 2.31. The highest BCUT2D eigenvalue weighted by atomic mass is 32.2. The molecule has 0 aliphatic carbocycles. The lowest BCUT2D eigenvalue weighted by molar-refractivity contribution is -0.122. The van der Waals surface area contributed by atoms with Crippen LogP contribution in [0, 0.1) is 0 Å². The lowest BCUT2D eigenvalue weighted by atomic mass is 10.2. The van der Waals surface area contributed by atoms with Crippen LogP contribution in [0.2, 0.25) is 0 Å². The average Bonchev–Trinajstić information content (AvgIpc) is 2.55. The van der Waals surface area contributed by atoms with E-state index < -0.39 is 16.1 Å². The first kappa shape index (κ1) is 15.5. The van der Waals surface area contributed by atoms with Gasteiger partial charge in [0.2, 0.25) is 10.0 Å². The molecule has 1 aliphatic rings. The molecular formula is C16H16N2O4S. The fraction of sp³-hybridized carbons (Fsp3) is 0.188. The van der Waals surface area contributed by atoms with Crippen LogP contribution in [0.4, 0.5) is 5.69 Å². The third-order valence-electron chi connectivity index (χ3n) is 3.50. The second-order valence-corrected chi connectivity index (χ2v) is 6.98. The number of nitrogens with one attached hydrogen (secondary N) is 2. The summed E-state index contributed by atoms with van der Waals surface area (Å²) in [5.41, 5.74) is 1.22. The summed E-state index contributed by atoms with van der Waals surface area (Å²) >= 11 is 0. The summed E-state index contributed by atoms with van der Waals surface area (Å²) in [5.74, 6) is 0.156. The SMILES string of the molecule is CC1Oc2ccc(S(=O)(=O)NCc3ccccc3)cc2NC1=O. The van der Waals surface area contributed by atoms with E-state index in [0.29, 0.717) is 11.4 Å². The highest BCUT2D eigenvalue weighted by molar-refractivity contribution is 7.89. The molecule has 1 heterocycles. The van der Waals surface area contributed by atoms with Gasteiger partial charge in [-0.05, 0) is 30.7 Å². The van der Waals surface area contributed by atoms with E-state index in [2.05, 4.69) is 10.0 Å². The van der Waals surface area contributed by atoms with Crippen LogP contribution >= 0.6 is 0 Å². The van der Waals surface area contributed by atoms with E-state index in [1.165, 1.54) is 12.1 Å². The van der Waals surface area contributed by atoms with Gasteiger partial charge in [-0.15, -0.1) is 0 Å². The predicted molar refractivity (Wildman–Crippen MR) is 85.6 cm³/mol. The largest absolute Gasteiger partial charge is 0.479 e. The lowest BCUT2D eigenvalue weighted by Gasteiger charge is -2.23. The number of sulfonamides is 1. The van der Waals surface area contributed by atoms with Crippen molar-refractivity contribution in [3.63, 3.8) is 0 Å². The van der Waals surface area contributed by atoms with Crippen LogP contribution in [0.3, 0.4) is 0 Å². The summed E-state index contributed by atoms with van der Waals surface area (Å²) in [4.78, 5) is 11.7. The number of carbonyl (C=O) groups is 1. The molecule has 0 saturated heterocycles. The first-order chi connectivity index (χ1) is 11.0. The van der Waals surface area contributed by atoms with E-state index in [0.717, 1.165) is 5.56 Å². The minimum Gasteiger partial charge on any atom is -0.479 e. The van der Waals surface area contributed by atoms with Gasteiger partial charge in [0, 0.05) is 6.54 Å². The maximum atomic E-state index is 12.4. The number of ether oxygens (including phenoxy) is 1. The second-order valence-electron chi connectivity index (χ2n) is 5.22. The van der Waals surface area contributed by atoms with Gasteiger partial charge < -0.3 is 10.1 Å². The number of anilines is 1. The Balaban J connectivity index is 1.81. The summed E-state index contributed by atoms with van der Waals surface area (Å²) in [6.07, 6.45) is -0.596. The molecule has 1 amide bonds. The van der Waals surface area contributed by atoms with Gasteiger partial charge in [0.15, 0.2) is 6.10 Å². The fourth-order valence-corrected chi connectivity index (χ4v) is 3.26. The van der Waals surface area contributed by atoms with Crippen LogP contribution in [-0.2, 0) is 21.4 Å². The highest BCUT2D eigenvalue weighted by Gasteiger charge is 2.25. The predicted octanol–water partition coefficient (Wildman–Crippen LogP) is 1.88. The molecule has 1 atom stereocenters. The molecule has 1 aliphatic heterocycles. The molecule has 0 radical (unpaired) electrons. The maximum Gasteiger partial charge on any atom is 0.265 e. The third kappa shape index (κ3) is 3.35. The van der Waals surface area contributed by atoms with Crippen LogP contribution in [0.5, 0.6) is 5.75 Å². The first-order valence-electron chi connectivity index (χ1n) is 7.11. The Morgan fingerprint density at radius 3 is 2.65 bits per heavy atom. The van der Waals surface area contributed by atoms with Crippen molar-refractivity contribution >= 4 is 21.6 Å². The van der Waals surface area contributed by atoms with Crippen molar-refractivity contribution in [2.24, 2.45) is 0 Å². The van der Waals surface area contributed by atoms with Crippen molar-refractivity contribution in [2.75, 3.05) is 5.32 Å². The van der Waals surface area contributed by atoms with Gasteiger partial charge in [-0.25, -0.2) is 13.1 Å². The van der Waals surface area contributed by atoms with Crippen molar-refractivity contribution < 1.29 is 17.9 Å². The Bertz CT molecular complexity index is 834. The molecule has 1 unspecified atom stereocenters. The number of rotatable bonds is 4. The zero-order valence-corrected chi connectivity index (χ0v) is 13.3. The van der Waals surface area contributed by atoms with Crippen molar-refractivity contribution in [3.8, 4) is 5.75 Å². The monoisotopic (exact) mass is 332 g/mol. The Kier molecular flexibility index (Phi) is 4.06. The van der Waals surface area contributed by atoms with Gasteiger partial charge in [-0.2, -0.15) is 0 Å². The molecule has 23 heavy (non-hydrogen) atoms. The summed E-state index contributed by atoms with van der Waals surface area (Å²) in [6, 6.07) is 13.6. The molecule has 6 nitrogen and oxygen atoms in total. The van der Waals surface area contributed by atoms with E-state index in [1.54, 1.807) is 13.0 Å². The van der Waals surface area contributed by atoms with Crippen molar-refractivity contribution in [2.45, 2.75) is 24.5 Å². The van der Waals surface area contributed by atoms with Crippen LogP contribution < -0.4 is 14.8 Å². The van der Waals surface area contributed by atoms with E-state index in [9.17, 15) is 13.2 Å². The van der Waals surface area contributed by atoms with Crippen molar-refractivity contribution in [1.29, 1.82) is 0 Å². The minimum atomic E-state index is -3.68. The normalized spacial score (nSPS) is 17.1. The standard InChI is InChI=1S/C16H16N2O4S/c1-11-16(19)18-14-9-13(7-8-15(14)22-11)23(20,21)17-10-12-5-3-2-4-6-12/h2-9,11,17H,10H2,1H3,(H,18,19). The molecule has 0 bridgehead atoms. The van der Waals surface area contributed by atoms with E-state index in [1.807, 2.05) is 30.3 Å². The lowest BCUT2D eigenvalue weighted by Crippen LogP contribution is -2.34. The zero-order chi connectivity index (χ0) is 16.4. The molecule has 0 aromatic heterocycles. The summed E-state index contributed by atoms with van der Waals surface area (Å²) in [7, 11) is -3.68. The van der Waals surface area contributed by atoms with Crippen LogP contribution in [0.25, 0.3) is 0 Å². The Morgan fingerprint density at radius 1 is 1.17 bits per heavy atom. The molecule has 2 aromatic rings. The molecule has 0 saturated carbocycles. The Labute approximate surface area is 134 Å². The van der Waals surface area contributed by atoms with E-state index >= 15 is 0 Å². The molecule has 3 rings (SSSR count). The molecule has 120 valence electrons. The molecule has 0 fully saturated rings. The Morgan fingerprint density at radius 2 is 1.91 bits per heavy atom. The van der Waals surface area contributed by atoms with Gasteiger partial charge in [-0.3, -0.25) is 4.79 Å². The zero-order valence-electron chi connectivity index (χ0n) is 12.4. The second kappa shape index (κ2) is 6.02. The smallest absolute Gasteiger partial charge is 0.265 e. The minimum absolute atomic E-state index is 0.0747. The van der Waals surface area contributed by atoms with Crippen molar-refractivity contribution in [3.05, 3.63) is 54.1 Å². The first-order valence-corrected chi connectivity index (χ1v) is 8.59. The molecule has 2 aromatic carbocycles. The van der Waals surface area contributed by atoms with Crippen LogP contribution in [0.15, 0.2) is 53.4 Å². The van der Waals surface area contributed by atoms with Crippen LogP contribution in [0.1, 0.15) is 12.5 Å². The van der Waals surface area contributed by atoms with Gasteiger partial charge >= 0.3 is 0 Å². The average molecular weight is 332 g/mol. The summed E-state index contributed by atoms with van der Waals surface area (Å²) in [5, 5.41) is 2.64. The van der Waals surface area contributed by atoms with Crippen LogP contribution in [-0.4, -0.2) is 20.4 Å². The van der Waals surface area contributed by atoms with Gasteiger partial charge in [0.05, 0.1) is 10.6 Å². The fourth-order valence-electron chi connectivity index (χ4n) is 2.21. The number of carbonyl (C=O) groups excluding carboxylic acids is 1. The number of hydrogen-bond donors (Lipinski definition) is 2. The number of fused-ring (bicyclic) bond motifs is 1. The van der Waals surface area contributed by atoms with Gasteiger partial charge in [0.1, 0.15) is 5.75 Å². The molecule has 7 heteroatoms. The number of amides is 1. The number of benzene rings is 2. The molecule has 0 spiro atoms. The topological polar surface area (TPSA) is 84.5 Å². The summed E-state index contributed by atoms with van der Waals surface area (Å²) < 4.78 is 32.7. The van der Waals surface area contributed by atoms with E-state index in [4.69, 9.17) is 4.74 Å². The third-order valence-corrected chi connectivity index (χ3v) is 4.90.